The molecule has 2 rings (SSSR count). The van der Waals surface area contributed by atoms with E-state index in [1.54, 1.807) is 6.20 Å². The molecule has 0 spiro atoms. The molecule has 1 aliphatic carbocycles. The first-order valence-corrected chi connectivity index (χ1v) is 8.20. The van der Waals surface area contributed by atoms with Crippen molar-refractivity contribution in [2.75, 3.05) is 6.61 Å². The molecule has 1 aromatic heterocycles. The van der Waals surface area contributed by atoms with Gasteiger partial charge in [-0.2, -0.15) is 0 Å². The Labute approximate surface area is 132 Å². The average molecular weight is 305 g/mol. The van der Waals surface area contributed by atoms with Crippen molar-refractivity contribution in [1.82, 2.24) is 15.6 Å². The Kier molecular flexibility index (Phi) is 6.19. The van der Waals surface area contributed by atoms with E-state index in [-0.39, 0.29) is 30.6 Å². The molecule has 2 atom stereocenters. The van der Waals surface area contributed by atoms with Gasteiger partial charge in [-0.25, -0.2) is 4.79 Å². The minimum Gasteiger partial charge on any atom is -0.394 e. The molecule has 22 heavy (non-hydrogen) atoms. The molecule has 0 saturated heterocycles. The van der Waals surface area contributed by atoms with Crippen LogP contribution in [0.5, 0.6) is 0 Å². The summed E-state index contributed by atoms with van der Waals surface area (Å²) in [7, 11) is 0. The molecule has 0 radical (unpaired) electrons. The Morgan fingerprint density at radius 3 is 2.59 bits per heavy atom. The van der Waals surface area contributed by atoms with Crippen LogP contribution in [0, 0.1) is 11.8 Å². The van der Waals surface area contributed by atoms with E-state index in [2.05, 4.69) is 15.6 Å². The van der Waals surface area contributed by atoms with E-state index < -0.39 is 0 Å². The number of carbonyl (C=O) groups excluding carboxylic acids is 1. The van der Waals surface area contributed by atoms with Crippen molar-refractivity contribution in [2.45, 2.75) is 51.6 Å². The van der Waals surface area contributed by atoms with Crippen molar-refractivity contribution < 1.29 is 9.90 Å². The number of carbonyl (C=O) groups is 1. The van der Waals surface area contributed by atoms with Gasteiger partial charge >= 0.3 is 6.03 Å². The fourth-order valence-electron chi connectivity index (χ4n) is 3.06. The lowest BCUT2D eigenvalue weighted by Gasteiger charge is -2.27. The third-order valence-corrected chi connectivity index (χ3v) is 4.48. The lowest BCUT2D eigenvalue weighted by atomic mass is 9.95. The van der Waals surface area contributed by atoms with Gasteiger partial charge < -0.3 is 15.7 Å². The van der Waals surface area contributed by atoms with Crippen LogP contribution in [-0.4, -0.2) is 28.8 Å². The maximum absolute atomic E-state index is 12.3. The first-order chi connectivity index (χ1) is 10.6. The summed E-state index contributed by atoms with van der Waals surface area (Å²) in [6, 6.07) is 5.29. The van der Waals surface area contributed by atoms with Crippen LogP contribution in [0.4, 0.5) is 4.79 Å². The normalized spacial score (nSPS) is 18.2. The first-order valence-electron chi connectivity index (χ1n) is 8.20. The van der Waals surface area contributed by atoms with Gasteiger partial charge in [-0.3, -0.25) is 4.98 Å². The van der Waals surface area contributed by atoms with Crippen LogP contribution in [-0.2, 0) is 0 Å². The van der Waals surface area contributed by atoms with E-state index in [4.69, 9.17) is 0 Å². The summed E-state index contributed by atoms with van der Waals surface area (Å²) in [4.78, 5) is 16.7. The maximum atomic E-state index is 12.3. The summed E-state index contributed by atoms with van der Waals surface area (Å²) in [5.74, 6) is 0.628. The van der Waals surface area contributed by atoms with Crippen molar-refractivity contribution in [1.29, 1.82) is 0 Å². The Balaban J connectivity index is 2.04. The highest BCUT2D eigenvalue weighted by atomic mass is 16.3. The summed E-state index contributed by atoms with van der Waals surface area (Å²) in [6.45, 7) is 3.91. The Morgan fingerprint density at radius 1 is 1.32 bits per heavy atom. The molecule has 0 aromatic carbocycles. The predicted molar refractivity (Wildman–Crippen MR) is 86.3 cm³/mol. The molecular formula is C17H27N3O2. The number of rotatable bonds is 6. The highest BCUT2D eigenvalue weighted by Gasteiger charge is 2.29. The molecule has 1 heterocycles. The molecule has 0 bridgehead atoms. The average Bonchev–Trinajstić information content (AvgIpc) is 3.05. The van der Waals surface area contributed by atoms with Crippen molar-refractivity contribution in [3.8, 4) is 0 Å². The van der Waals surface area contributed by atoms with Gasteiger partial charge in [0.15, 0.2) is 0 Å². The van der Waals surface area contributed by atoms with E-state index in [1.165, 1.54) is 12.8 Å². The second kappa shape index (κ2) is 8.13. The van der Waals surface area contributed by atoms with Crippen molar-refractivity contribution in [3.05, 3.63) is 30.1 Å². The monoisotopic (exact) mass is 305 g/mol. The van der Waals surface area contributed by atoms with E-state index in [0.717, 1.165) is 18.5 Å². The molecule has 0 unspecified atom stereocenters. The molecule has 5 nitrogen and oxygen atoms in total. The van der Waals surface area contributed by atoms with Gasteiger partial charge in [-0.1, -0.05) is 32.8 Å². The molecule has 2 amide bonds. The topological polar surface area (TPSA) is 74.2 Å². The van der Waals surface area contributed by atoms with E-state index in [0.29, 0.717) is 5.92 Å². The number of aliphatic hydroxyl groups excluding tert-OH is 1. The quantitative estimate of drug-likeness (QED) is 0.756. The van der Waals surface area contributed by atoms with Crippen molar-refractivity contribution in [2.24, 2.45) is 11.8 Å². The zero-order chi connectivity index (χ0) is 15.9. The number of urea groups is 1. The second-order valence-electron chi connectivity index (χ2n) is 6.43. The summed E-state index contributed by atoms with van der Waals surface area (Å²) >= 11 is 0. The van der Waals surface area contributed by atoms with Crippen LogP contribution in [0.15, 0.2) is 24.4 Å². The third-order valence-electron chi connectivity index (χ3n) is 4.48. The van der Waals surface area contributed by atoms with Gasteiger partial charge in [-0.05, 0) is 36.8 Å². The predicted octanol–water partition coefficient (Wildman–Crippen LogP) is 2.63. The van der Waals surface area contributed by atoms with Crippen LogP contribution in [0.1, 0.15) is 51.3 Å². The number of aromatic nitrogens is 1. The number of hydrogen-bond donors (Lipinski definition) is 3. The lowest BCUT2D eigenvalue weighted by Crippen LogP contribution is -2.48. The summed E-state index contributed by atoms with van der Waals surface area (Å²) in [6.07, 6.45) is 6.43. The smallest absolute Gasteiger partial charge is 0.315 e. The van der Waals surface area contributed by atoms with E-state index in [1.807, 2.05) is 32.0 Å². The Hall–Kier alpha value is -1.62. The van der Waals surface area contributed by atoms with Gasteiger partial charge in [0.05, 0.1) is 24.4 Å². The highest BCUT2D eigenvalue weighted by Crippen LogP contribution is 2.34. The second-order valence-corrected chi connectivity index (χ2v) is 6.43. The van der Waals surface area contributed by atoms with Crippen LogP contribution in [0.3, 0.4) is 0 Å². The maximum Gasteiger partial charge on any atom is 0.315 e. The molecule has 1 aromatic rings. The summed E-state index contributed by atoms with van der Waals surface area (Å²) < 4.78 is 0. The number of nitrogens with zero attached hydrogens (tertiary/aromatic N) is 1. The molecule has 122 valence electrons. The fourth-order valence-corrected chi connectivity index (χ4v) is 3.06. The van der Waals surface area contributed by atoms with Crippen LogP contribution >= 0.6 is 0 Å². The zero-order valence-electron chi connectivity index (χ0n) is 13.5. The van der Waals surface area contributed by atoms with Crippen LogP contribution < -0.4 is 10.6 Å². The number of aliphatic hydroxyl groups is 1. The number of hydrogen-bond acceptors (Lipinski definition) is 3. The van der Waals surface area contributed by atoms with Gasteiger partial charge in [-0.15, -0.1) is 0 Å². The highest BCUT2D eigenvalue weighted by molar-refractivity contribution is 5.74. The third kappa shape index (κ3) is 4.44. The largest absolute Gasteiger partial charge is 0.394 e. The van der Waals surface area contributed by atoms with Gasteiger partial charge in [0, 0.05) is 6.20 Å². The zero-order valence-corrected chi connectivity index (χ0v) is 13.5. The van der Waals surface area contributed by atoms with Gasteiger partial charge in [0.2, 0.25) is 0 Å². The SMILES string of the molecule is CC(C)[C@@H](CO)NC(=O)N[C@H](c1ccccn1)C1CCCC1. The standard InChI is InChI=1S/C17H27N3O2/c1-12(2)15(11-21)19-17(22)20-16(13-7-3-4-8-13)14-9-5-6-10-18-14/h5-6,9-10,12-13,15-16,21H,3-4,7-8,11H2,1-2H3,(H2,19,20,22)/t15-,16+/m1/s1. The first kappa shape index (κ1) is 16.7. The van der Waals surface area contributed by atoms with Gasteiger partial charge in [0.1, 0.15) is 0 Å². The molecule has 1 aliphatic rings. The number of pyridine rings is 1. The molecular weight excluding hydrogens is 278 g/mol. The molecule has 3 N–H and O–H groups in total. The molecule has 5 heteroatoms. The summed E-state index contributed by atoms with van der Waals surface area (Å²) in [5, 5.41) is 15.3. The lowest BCUT2D eigenvalue weighted by molar-refractivity contribution is 0.193. The Bertz CT molecular complexity index is 458. The number of amides is 2. The van der Waals surface area contributed by atoms with Crippen molar-refractivity contribution in [3.63, 3.8) is 0 Å². The fraction of sp³-hybridized carbons (Fsp3) is 0.647. The minimum absolute atomic E-state index is 0.0528. The van der Waals surface area contributed by atoms with Crippen molar-refractivity contribution >= 4 is 6.03 Å². The summed E-state index contributed by atoms with van der Waals surface area (Å²) in [5.41, 5.74) is 0.912. The molecule has 1 fully saturated rings. The van der Waals surface area contributed by atoms with E-state index >= 15 is 0 Å². The Morgan fingerprint density at radius 2 is 2.05 bits per heavy atom. The molecule has 0 aliphatic heterocycles. The molecule has 1 saturated carbocycles. The van der Waals surface area contributed by atoms with Gasteiger partial charge in [0.25, 0.3) is 0 Å². The van der Waals surface area contributed by atoms with Crippen LogP contribution in [0.2, 0.25) is 0 Å². The number of nitrogens with one attached hydrogen (secondary N) is 2. The minimum atomic E-state index is -0.229. The van der Waals surface area contributed by atoms with Crippen LogP contribution in [0.25, 0.3) is 0 Å². The van der Waals surface area contributed by atoms with E-state index in [9.17, 15) is 9.90 Å².